The number of carbonyl (C=O) groups excluding carboxylic acids is 1. The molecule has 0 saturated carbocycles. The van der Waals surface area contributed by atoms with Gasteiger partial charge in [-0.3, -0.25) is 5.32 Å². The summed E-state index contributed by atoms with van der Waals surface area (Å²) in [6.45, 7) is 6.84. The lowest BCUT2D eigenvalue weighted by Crippen LogP contribution is -2.37. The molecule has 0 bridgehead atoms. The van der Waals surface area contributed by atoms with Crippen LogP contribution >= 0.6 is 0 Å². The van der Waals surface area contributed by atoms with Crippen molar-refractivity contribution >= 4 is 5.97 Å². The minimum absolute atomic E-state index is 0.257. The molecule has 13 heavy (non-hydrogen) atoms. The number of carbonyl (C=O) groups is 1. The van der Waals surface area contributed by atoms with Crippen LogP contribution in [0.1, 0.15) is 20.8 Å². The van der Waals surface area contributed by atoms with Crippen molar-refractivity contribution in [2.45, 2.75) is 26.4 Å². The van der Waals surface area contributed by atoms with Crippen LogP contribution in [0.2, 0.25) is 0 Å². The Kier molecular flexibility index (Phi) is 2.93. The van der Waals surface area contributed by atoms with Crippen molar-refractivity contribution < 1.29 is 9.53 Å². The fourth-order valence-corrected chi connectivity index (χ4v) is 0.969. The van der Waals surface area contributed by atoms with Crippen LogP contribution in [0, 0.1) is 0 Å². The molecule has 1 aliphatic rings. The van der Waals surface area contributed by atoms with E-state index in [-0.39, 0.29) is 5.97 Å². The van der Waals surface area contributed by atoms with Crippen LogP contribution in [0.4, 0.5) is 0 Å². The summed E-state index contributed by atoms with van der Waals surface area (Å²) in [5, 5.41) is 5.95. The standard InChI is InChI=1S/C9H16N2O2/c1-9(2,3)13-8(12)7-4-10-6-11-5-7/h4,10-11H,5-6H2,1-3H3. The molecule has 0 fully saturated rings. The summed E-state index contributed by atoms with van der Waals surface area (Å²) in [5.41, 5.74) is 0.219. The summed E-state index contributed by atoms with van der Waals surface area (Å²) < 4.78 is 5.19. The predicted octanol–water partition coefficient (Wildman–Crippen LogP) is 0.362. The van der Waals surface area contributed by atoms with E-state index in [1.165, 1.54) is 0 Å². The number of ether oxygens (including phenoxy) is 1. The SMILES string of the molecule is CC(C)(C)OC(=O)C1=CNCNC1. The lowest BCUT2D eigenvalue weighted by molar-refractivity contribution is -0.150. The van der Waals surface area contributed by atoms with Gasteiger partial charge in [-0.15, -0.1) is 0 Å². The topological polar surface area (TPSA) is 50.4 Å². The maximum Gasteiger partial charge on any atom is 0.337 e. The largest absolute Gasteiger partial charge is 0.457 e. The number of rotatable bonds is 1. The summed E-state index contributed by atoms with van der Waals surface area (Å²) in [6, 6.07) is 0. The van der Waals surface area contributed by atoms with Crippen LogP contribution in [0.5, 0.6) is 0 Å². The Hall–Kier alpha value is -1.03. The molecule has 0 unspecified atom stereocenters. The monoisotopic (exact) mass is 184 g/mol. The molecule has 74 valence electrons. The van der Waals surface area contributed by atoms with Crippen molar-refractivity contribution in [3.63, 3.8) is 0 Å². The van der Waals surface area contributed by atoms with Gasteiger partial charge in [-0.25, -0.2) is 4.79 Å². The lowest BCUT2D eigenvalue weighted by atomic mass is 10.2. The first-order valence-electron chi connectivity index (χ1n) is 4.35. The Balaban J connectivity index is 2.52. The maximum absolute atomic E-state index is 11.4. The van der Waals surface area contributed by atoms with Crippen LogP contribution in [-0.4, -0.2) is 24.8 Å². The van der Waals surface area contributed by atoms with Crippen LogP contribution in [0.3, 0.4) is 0 Å². The van der Waals surface area contributed by atoms with Gasteiger partial charge >= 0.3 is 5.97 Å². The molecule has 1 aliphatic heterocycles. The van der Waals surface area contributed by atoms with Gasteiger partial charge in [0, 0.05) is 12.7 Å². The van der Waals surface area contributed by atoms with Gasteiger partial charge in [-0.2, -0.15) is 0 Å². The van der Waals surface area contributed by atoms with Crippen molar-refractivity contribution in [1.29, 1.82) is 0 Å². The highest BCUT2D eigenvalue weighted by atomic mass is 16.6. The molecule has 0 aromatic carbocycles. The van der Waals surface area contributed by atoms with Crippen molar-refractivity contribution in [3.8, 4) is 0 Å². The van der Waals surface area contributed by atoms with Crippen molar-refractivity contribution in [2.24, 2.45) is 0 Å². The third-order valence-electron chi connectivity index (χ3n) is 1.48. The molecule has 0 saturated heterocycles. The van der Waals surface area contributed by atoms with E-state index in [1.54, 1.807) is 6.20 Å². The third-order valence-corrected chi connectivity index (χ3v) is 1.48. The zero-order valence-corrected chi connectivity index (χ0v) is 8.31. The Morgan fingerprint density at radius 3 is 2.69 bits per heavy atom. The summed E-state index contributed by atoms with van der Waals surface area (Å²) in [7, 11) is 0. The third kappa shape index (κ3) is 3.46. The highest BCUT2D eigenvalue weighted by Crippen LogP contribution is 2.10. The Bertz CT molecular complexity index is 228. The van der Waals surface area contributed by atoms with Crippen LogP contribution in [0.25, 0.3) is 0 Å². The Labute approximate surface area is 78.3 Å². The molecule has 0 aliphatic carbocycles. The van der Waals surface area contributed by atoms with Gasteiger partial charge in [-0.1, -0.05) is 0 Å². The molecule has 1 heterocycles. The average Bonchev–Trinajstić information content (AvgIpc) is 2.03. The highest BCUT2D eigenvalue weighted by molar-refractivity contribution is 5.89. The zero-order valence-electron chi connectivity index (χ0n) is 8.31. The normalized spacial score (nSPS) is 17.3. The molecule has 2 N–H and O–H groups in total. The highest BCUT2D eigenvalue weighted by Gasteiger charge is 2.20. The molecule has 1 rings (SSSR count). The van der Waals surface area contributed by atoms with Crippen LogP contribution in [0.15, 0.2) is 11.8 Å². The second-order valence-corrected chi connectivity index (χ2v) is 3.98. The summed E-state index contributed by atoms with van der Waals surface area (Å²) in [6.07, 6.45) is 1.70. The van der Waals surface area contributed by atoms with Gasteiger partial charge < -0.3 is 10.1 Å². The van der Waals surface area contributed by atoms with Crippen molar-refractivity contribution in [1.82, 2.24) is 10.6 Å². The van der Waals surface area contributed by atoms with Gasteiger partial charge in [0.2, 0.25) is 0 Å². The average molecular weight is 184 g/mol. The summed E-state index contributed by atoms with van der Waals surface area (Å²) in [5.74, 6) is -0.257. The molecular formula is C9H16N2O2. The predicted molar refractivity (Wildman–Crippen MR) is 49.9 cm³/mol. The molecule has 0 atom stereocenters. The van der Waals surface area contributed by atoms with E-state index in [1.807, 2.05) is 20.8 Å². The number of hydrogen-bond acceptors (Lipinski definition) is 4. The van der Waals surface area contributed by atoms with E-state index in [4.69, 9.17) is 4.74 Å². The molecule has 4 nitrogen and oxygen atoms in total. The number of nitrogens with one attached hydrogen (secondary N) is 2. The van der Waals surface area contributed by atoms with E-state index in [0.717, 1.165) is 0 Å². The molecular weight excluding hydrogens is 168 g/mol. The second kappa shape index (κ2) is 3.79. The zero-order chi connectivity index (χ0) is 9.90. The van der Waals surface area contributed by atoms with Gasteiger partial charge in [-0.05, 0) is 20.8 Å². The Morgan fingerprint density at radius 2 is 2.23 bits per heavy atom. The molecule has 4 heteroatoms. The first-order chi connectivity index (χ1) is 5.99. The quantitative estimate of drug-likeness (QED) is 0.578. The molecule has 0 radical (unpaired) electrons. The van der Waals surface area contributed by atoms with Gasteiger partial charge in [0.05, 0.1) is 12.2 Å². The van der Waals surface area contributed by atoms with E-state index in [0.29, 0.717) is 18.8 Å². The fraction of sp³-hybridized carbons (Fsp3) is 0.667. The first kappa shape index (κ1) is 10.1. The van der Waals surface area contributed by atoms with Crippen LogP contribution < -0.4 is 10.6 Å². The van der Waals surface area contributed by atoms with Gasteiger partial charge in [0.15, 0.2) is 0 Å². The first-order valence-corrected chi connectivity index (χ1v) is 4.35. The van der Waals surface area contributed by atoms with E-state index < -0.39 is 5.60 Å². The fourth-order valence-electron chi connectivity index (χ4n) is 0.969. The minimum atomic E-state index is -0.421. The molecule has 0 aromatic heterocycles. The lowest BCUT2D eigenvalue weighted by Gasteiger charge is -2.22. The minimum Gasteiger partial charge on any atom is -0.457 e. The molecule has 0 amide bonds. The van der Waals surface area contributed by atoms with Crippen LogP contribution in [-0.2, 0) is 9.53 Å². The van der Waals surface area contributed by atoms with E-state index in [2.05, 4.69) is 10.6 Å². The van der Waals surface area contributed by atoms with Gasteiger partial charge in [0.25, 0.3) is 0 Å². The molecule has 0 aromatic rings. The summed E-state index contributed by atoms with van der Waals surface area (Å²) >= 11 is 0. The maximum atomic E-state index is 11.4. The van der Waals surface area contributed by atoms with E-state index in [9.17, 15) is 4.79 Å². The summed E-state index contributed by atoms with van der Waals surface area (Å²) in [4.78, 5) is 11.4. The van der Waals surface area contributed by atoms with Crippen molar-refractivity contribution in [3.05, 3.63) is 11.8 Å². The molecule has 0 spiro atoms. The second-order valence-electron chi connectivity index (χ2n) is 3.98. The van der Waals surface area contributed by atoms with Crippen molar-refractivity contribution in [2.75, 3.05) is 13.2 Å². The van der Waals surface area contributed by atoms with Gasteiger partial charge in [0.1, 0.15) is 5.60 Å². The van der Waals surface area contributed by atoms with E-state index >= 15 is 0 Å². The number of hydrogen-bond donors (Lipinski definition) is 2. The number of esters is 1. The smallest absolute Gasteiger partial charge is 0.337 e. The Morgan fingerprint density at radius 1 is 1.54 bits per heavy atom.